The van der Waals surface area contributed by atoms with Crippen LogP contribution >= 0.6 is 11.6 Å². The molecule has 0 aliphatic heterocycles. The smallest absolute Gasteiger partial charge is 0.317 e. The minimum Gasteiger partial charge on any atom is -0.317 e. The van der Waals surface area contributed by atoms with Gasteiger partial charge in [-0.1, -0.05) is 60.1 Å². The van der Waals surface area contributed by atoms with E-state index in [4.69, 9.17) is 11.6 Å². The third-order valence-corrected chi connectivity index (χ3v) is 5.11. The van der Waals surface area contributed by atoms with Crippen LogP contribution in [-0.2, 0) is 13.0 Å². The van der Waals surface area contributed by atoms with E-state index in [1.165, 1.54) is 0 Å². The van der Waals surface area contributed by atoms with Crippen LogP contribution in [0.15, 0.2) is 83.7 Å². The first-order valence-corrected chi connectivity index (χ1v) is 10.3. The van der Waals surface area contributed by atoms with Gasteiger partial charge in [-0.3, -0.25) is 4.79 Å². The second-order valence-corrected chi connectivity index (χ2v) is 7.56. The van der Waals surface area contributed by atoms with Gasteiger partial charge in [0.1, 0.15) is 5.82 Å². The van der Waals surface area contributed by atoms with Gasteiger partial charge in [0.2, 0.25) is 0 Å². The first-order valence-electron chi connectivity index (χ1n) is 9.92. The molecule has 0 spiro atoms. The fraction of sp³-hybridized carbons (Fsp3) is 0.125. The number of hydrogen-bond acceptors (Lipinski definition) is 3. The second kappa shape index (κ2) is 9.45. The fourth-order valence-corrected chi connectivity index (χ4v) is 3.51. The lowest BCUT2D eigenvalue weighted by molar-refractivity contribution is 0.208. The molecule has 6 nitrogen and oxygen atoms in total. The Morgan fingerprint density at radius 1 is 1.00 bits per heavy atom. The SMILES string of the molecule is O=C(Nc1cccc(Cl)c1)N(CCc1ccccc1)Cc1nc2ccccc2c(=O)[nH]1. The van der Waals surface area contributed by atoms with Crippen LogP contribution in [0.2, 0.25) is 5.02 Å². The molecule has 0 fully saturated rings. The molecule has 156 valence electrons. The lowest BCUT2D eigenvalue weighted by atomic mass is 10.1. The topological polar surface area (TPSA) is 78.1 Å². The quantitative estimate of drug-likeness (QED) is 0.457. The van der Waals surface area contributed by atoms with Gasteiger partial charge in [-0.2, -0.15) is 0 Å². The molecule has 0 unspecified atom stereocenters. The lowest BCUT2D eigenvalue weighted by Gasteiger charge is -2.23. The van der Waals surface area contributed by atoms with E-state index in [9.17, 15) is 9.59 Å². The molecule has 4 rings (SSSR count). The number of rotatable bonds is 6. The van der Waals surface area contributed by atoms with Crippen LogP contribution in [0.4, 0.5) is 10.5 Å². The molecule has 7 heteroatoms. The molecular weight excluding hydrogens is 412 g/mol. The number of urea groups is 1. The van der Waals surface area contributed by atoms with Crippen molar-refractivity contribution < 1.29 is 4.79 Å². The Labute approximate surface area is 184 Å². The maximum Gasteiger partial charge on any atom is 0.322 e. The molecule has 0 atom stereocenters. The van der Waals surface area contributed by atoms with E-state index in [1.807, 2.05) is 36.4 Å². The van der Waals surface area contributed by atoms with Crippen LogP contribution in [0, 0.1) is 0 Å². The number of hydrogen-bond donors (Lipinski definition) is 2. The molecule has 1 aromatic heterocycles. The van der Waals surface area contributed by atoms with Gasteiger partial charge in [-0.25, -0.2) is 9.78 Å². The highest BCUT2D eigenvalue weighted by molar-refractivity contribution is 6.30. The first kappa shape index (κ1) is 20.6. The number of halogens is 1. The number of carbonyl (C=O) groups excluding carboxylic acids is 1. The highest BCUT2D eigenvalue weighted by Crippen LogP contribution is 2.16. The number of para-hydroxylation sites is 1. The molecule has 4 aromatic rings. The van der Waals surface area contributed by atoms with Crippen LogP contribution in [0.1, 0.15) is 11.4 Å². The van der Waals surface area contributed by atoms with Crippen molar-refractivity contribution in [3.05, 3.63) is 106 Å². The number of benzene rings is 3. The third kappa shape index (κ3) is 5.29. The Kier molecular flexibility index (Phi) is 6.29. The second-order valence-electron chi connectivity index (χ2n) is 7.13. The van der Waals surface area contributed by atoms with E-state index in [0.717, 1.165) is 5.56 Å². The number of fused-ring (bicyclic) bond motifs is 1. The summed E-state index contributed by atoms with van der Waals surface area (Å²) in [5, 5.41) is 3.93. The molecule has 1 heterocycles. The third-order valence-electron chi connectivity index (χ3n) is 4.88. The molecule has 31 heavy (non-hydrogen) atoms. The van der Waals surface area contributed by atoms with Crippen LogP contribution in [0.3, 0.4) is 0 Å². The number of aromatic nitrogens is 2. The number of H-pyrrole nitrogens is 1. The number of amides is 2. The van der Waals surface area contributed by atoms with Crippen molar-refractivity contribution >= 4 is 34.2 Å². The molecule has 0 aliphatic rings. The summed E-state index contributed by atoms with van der Waals surface area (Å²) >= 11 is 6.04. The van der Waals surface area contributed by atoms with Gasteiger partial charge >= 0.3 is 6.03 Å². The number of aromatic amines is 1. The molecule has 0 saturated heterocycles. The normalized spacial score (nSPS) is 10.7. The van der Waals surface area contributed by atoms with E-state index in [-0.39, 0.29) is 18.1 Å². The van der Waals surface area contributed by atoms with Gasteiger partial charge in [0.15, 0.2) is 0 Å². The van der Waals surface area contributed by atoms with Crippen LogP contribution in [0.5, 0.6) is 0 Å². The minimum atomic E-state index is -0.297. The molecule has 0 saturated carbocycles. The van der Waals surface area contributed by atoms with E-state index in [1.54, 1.807) is 47.4 Å². The monoisotopic (exact) mass is 432 g/mol. The van der Waals surface area contributed by atoms with E-state index < -0.39 is 0 Å². The highest BCUT2D eigenvalue weighted by Gasteiger charge is 2.16. The van der Waals surface area contributed by atoms with Crippen LogP contribution in [-0.4, -0.2) is 27.4 Å². The van der Waals surface area contributed by atoms with Gasteiger partial charge < -0.3 is 15.2 Å². The van der Waals surface area contributed by atoms with Gasteiger partial charge in [0.25, 0.3) is 5.56 Å². The zero-order valence-electron chi connectivity index (χ0n) is 16.7. The minimum absolute atomic E-state index is 0.166. The summed E-state index contributed by atoms with van der Waals surface area (Å²) in [4.78, 5) is 34.4. The summed E-state index contributed by atoms with van der Waals surface area (Å²) in [6.07, 6.45) is 0.668. The van der Waals surface area contributed by atoms with E-state index in [0.29, 0.717) is 40.4 Å². The average Bonchev–Trinajstić information content (AvgIpc) is 2.77. The summed E-state index contributed by atoms with van der Waals surface area (Å²) in [6, 6.07) is 23.7. The van der Waals surface area contributed by atoms with Crippen molar-refractivity contribution in [1.29, 1.82) is 0 Å². The largest absolute Gasteiger partial charge is 0.322 e. The summed E-state index contributed by atoms with van der Waals surface area (Å²) in [7, 11) is 0. The Bertz CT molecular complexity index is 1260. The van der Waals surface area contributed by atoms with Crippen molar-refractivity contribution in [2.24, 2.45) is 0 Å². The highest BCUT2D eigenvalue weighted by atomic mass is 35.5. The fourth-order valence-electron chi connectivity index (χ4n) is 3.32. The number of nitrogens with zero attached hydrogens (tertiary/aromatic N) is 2. The summed E-state index contributed by atoms with van der Waals surface area (Å²) in [6.45, 7) is 0.617. The standard InChI is InChI=1S/C24H21ClN4O2/c25-18-9-6-10-19(15-18)26-24(31)29(14-13-17-7-2-1-3-8-17)16-22-27-21-12-5-4-11-20(21)23(30)28-22/h1-12,15H,13-14,16H2,(H,26,31)(H,27,28,30). The summed E-state index contributed by atoms with van der Waals surface area (Å²) in [5.74, 6) is 0.429. The van der Waals surface area contributed by atoms with Gasteiger partial charge in [-0.15, -0.1) is 0 Å². The average molecular weight is 433 g/mol. The number of anilines is 1. The molecule has 3 aromatic carbocycles. The number of nitrogens with one attached hydrogen (secondary N) is 2. The molecule has 0 aliphatic carbocycles. The van der Waals surface area contributed by atoms with E-state index in [2.05, 4.69) is 15.3 Å². The molecule has 2 N–H and O–H groups in total. The van der Waals surface area contributed by atoms with Crippen molar-refractivity contribution in [3.63, 3.8) is 0 Å². The van der Waals surface area contributed by atoms with Crippen molar-refractivity contribution in [2.75, 3.05) is 11.9 Å². The molecule has 2 amide bonds. The van der Waals surface area contributed by atoms with Crippen molar-refractivity contribution in [3.8, 4) is 0 Å². The molecular formula is C24H21ClN4O2. The van der Waals surface area contributed by atoms with Crippen LogP contribution < -0.4 is 10.9 Å². The van der Waals surface area contributed by atoms with Crippen LogP contribution in [0.25, 0.3) is 10.9 Å². The van der Waals surface area contributed by atoms with Crippen molar-refractivity contribution in [2.45, 2.75) is 13.0 Å². The lowest BCUT2D eigenvalue weighted by Crippen LogP contribution is -2.37. The van der Waals surface area contributed by atoms with Gasteiger partial charge in [0, 0.05) is 17.3 Å². The molecule has 0 radical (unpaired) electrons. The van der Waals surface area contributed by atoms with E-state index >= 15 is 0 Å². The first-order chi connectivity index (χ1) is 15.1. The molecule has 0 bridgehead atoms. The maximum atomic E-state index is 13.1. The Hall–Kier alpha value is -3.64. The van der Waals surface area contributed by atoms with Crippen molar-refractivity contribution in [1.82, 2.24) is 14.9 Å². The summed E-state index contributed by atoms with van der Waals surface area (Å²) < 4.78 is 0. The van der Waals surface area contributed by atoms with Gasteiger partial charge in [0.05, 0.1) is 17.4 Å². The number of carbonyl (C=O) groups is 1. The summed E-state index contributed by atoms with van der Waals surface area (Å²) in [5.41, 5.74) is 2.09. The Morgan fingerprint density at radius 2 is 1.77 bits per heavy atom. The predicted molar refractivity (Wildman–Crippen MR) is 123 cm³/mol. The van der Waals surface area contributed by atoms with Gasteiger partial charge in [-0.05, 0) is 42.3 Å². The zero-order valence-corrected chi connectivity index (χ0v) is 17.5. The Morgan fingerprint density at radius 3 is 2.58 bits per heavy atom. The maximum absolute atomic E-state index is 13.1. The zero-order chi connectivity index (χ0) is 21.6. The Balaban J connectivity index is 1.58. The predicted octanol–water partition coefficient (Wildman–Crippen LogP) is 4.85.